The summed E-state index contributed by atoms with van der Waals surface area (Å²) in [4.78, 5) is 15.4. The van der Waals surface area contributed by atoms with E-state index in [1.165, 1.54) is 10.9 Å². The molecule has 15 heavy (non-hydrogen) atoms. The van der Waals surface area contributed by atoms with Gasteiger partial charge in [-0.1, -0.05) is 0 Å². The van der Waals surface area contributed by atoms with Crippen LogP contribution in [0.15, 0.2) is 18.7 Å². The molecule has 1 heterocycles. The van der Waals surface area contributed by atoms with E-state index in [1.807, 2.05) is 0 Å². The smallest absolute Gasteiger partial charge is 0.327 e. The van der Waals surface area contributed by atoms with Crippen LogP contribution in [0.1, 0.15) is 25.7 Å². The van der Waals surface area contributed by atoms with Gasteiger partial charge < -0.3 is 10.4 Å². The van der Waals surface area contributed by atoms with Crippen molar-refractivity contribution in [1.29, 1.82) is 0 Å². The summed E-state index contributed by atoms with van der Waals surface area (Å²) in [6.45, 7) is 0. The van der Waals surface area contributed by atoms with Crippen molar-refractivity contribution in [3.8, 4) is 0 Å². The Morgan fingerprint density at radius 1 is 1.40 bits per heavy atom. The molecule has 1 saturated carbocycles. The van der Waals surface area contributed by atoms with Gasteiger partial charge in [-0.3, -0.25) is 4.57 Å². The van der Waals surface area contributed by atoms with Gasteiger partial charge in [0.15, 0.2) is 0 Å². The molecule has 0 saturated heterocycles. The number of nitrogens with zero attached hydrogens (tertiary/aromatic N) is 2. The van der Waals surface area contributed by atoms with Crippen LogP contribution < -0.4 is 5.32 Å². The quantitative estimate of drug-likeness (QED) is 0.717. The highest BCUT2D eigenvalue weighted by Crippen LogP contribution is 2.18. The Hall–Kier alpha value is -1.36. The normalized spacial score (nSPS) is 26.2. The standard InChI is InChI=1S/C10H15N3O2/c14-9-3-1-8(2-4-9)12-10(15)13-6-5-11-7-13/h5-9,14H,1-4H2,(H,12,15). The van der Waals surface area contributed by atoms with Gasteiger partial charge in [0.2, 0.25) is 0 Å². The van der Waals surface area contributed by atoms with Gasteiger partial charge in [0.25, 0.3) is 0 Å². The van der Waals surface area contributed by atoms with Crippen molar-refractivity contribution in [3.05, 3.63) is 18.7 Å². The molecule has 0 bridgehead atoms. The Labute approximate surface area is 88.1 Å². The minimum atomic E-state index is -0.189. The topological polar surface area (TPSA) is 67.2 Å². The molecular formula is C10H15N3O2. The fraction of sp³-hybridized carbons (Fsp3) is 0.600. The van der Waals surface area contributed by atoms with E-state index in [0.29, 0.717) is 0 Å². The Balaban J connectivity index is 1.85. The summed E-state index contributed by atoms with van der Waals surface area (Å²) in [6, 6.07) is 0.0391. The summed E-state index contributed by atoms with van der Waals surface area (Å²) in [6.07, 6.45) is 7.73. The van der Waals surface area contributed by atoms with Crippen molar-refractivity contribution >= 4 is 6.03 Å². The van der Waals surface area contributed by atoms with Crippen molar-refractivity contribution in [1.82, 2.24) is 14.9 Å². The predicted octanol–water partition coefficient (Wildman–Crippen LogP) is 0.744. The fourth-order valence-corrected chi connectivity index (χ4v) is 1.85. The Morgan fingerprint density at radius 2 is 2.13 bits per heavy atom. The predicted molar refractivity (Wildman–Crippen MR) is 54.4 cm³/mol. The molecule has 0 radical (unpaired) electrons. The van der Waals surface area contributed by atoms with Crippen molar-refractivity contribution in [3.63, 3.8) is 0 Å². The number of carbonyl (C=O) groups excluding carboxylic acids is 1. The van der Waals surface area contributed by atoms with E-state index >= 15 is 0 Å². The molecule has 5 heteroatoms. The maximum atomic E-state index is 11.6. The molecule has 2 N–H and O–H groups in total. The van der Waals surface area contributed by atoms with Crippen LogP contribution in [0.4, 0.5) is 4.79 Å². The average molecular weight is 209 g/mol. The number of hydrogen-bond donors (Lipinski definition) is 2. The third-order valence-corrected chi connectivity index (χ3v) is 2.76. The number of aromatic nitrogens is 2. The second-order valence-electron chi connectivity index (χ2n) is 3.92. The first-order chi connectivity index (χ1) is 7.25. The van der Waals surface area contributed by atoms with E-state index < -0.39 is 0 Å². The van der Waals surface area contributed by atoms with E-state index in [1.54, 1.807) is 12.4 Å². The summed E-state index contributed by atoms with van der Waals surface area (Å²) < 4.78 is 1.42. The van der Waals surface area contributed by atoms with Crippen LogP contribution in [-0.4, -0.2) is 32.8 Å². The summed E-state index contributed by atoms with van der Waals surface area (Å²) in [7, 11) is 0. The van der Waals surface area contributed by atoms with Crippen LogP contribution in [0.2, 0.25) is 0 Å². The van der Waals surface area contributed by atoms with Gasteiger partial charge in [-0.2, -0.15) is 0 Å². The van der Waals surface area contributed by atoms with Crippen LogP contribution in [-0.2, 0) is 0 Å². The zero-order chi connectivity index (χ0) is 10.7. The molecule has 0 spiro atoms. The molecule has 1 aliphatic rings. The number of aliphatic hydroxyl groups is 1. The second-order valence-corrected chi connectivity index (χ2v) is 3.92. The molecule has 0 aromatic carbocycles. The van der Waals surface area contributed by atoms with Gasteiger partial charge in [0.05, 0.1) is 6.10 Å². The number of nitrogens with one attached hydrogen (secondary N) is 1. The van der Waals surface area contributed by atoms with E-state index in [2.05, 4.69) is 10.3 Å². The highest BCUT2D eigenvalue weighted by molar-refractivity contribution is 5.76. The number of rotatable bonds is 1. The van der Waals surface area contributed by atoms with Crippen molar-refractivity contribution in [2.24, 2.45) is 0 Å². The van der Waals surface area contributed by atoms with Gasteiger partial charge >= 0.3 is 6.03 Å². The van der Waals surface area contributed by atoms with Crippen molar-refractivity contribution < 1.29 is 9.90 Å². The molecule has 82 valence electrons. The zero-order valence-corrected chi connectivity index (χ0v) is 8.47. The third kappa shape index (κ3) is 2.56. The highest BCUT2D eigenvalue weighted by atomic mass is 16.3. The molecule has 0 aliphatic heterocycles. The van der Waals surface area contributed by atoms with E-state index in [9.17, 15) is 9.90 Å². The lowest BCUT2D eigenvalue weighted by Gasteiger charge is -2.25. The Bertz CT molecular complexity index is 315. The van der Waals surface area contributed by atoms with Gasteiger partial charge in [-0.25, -0.2) is 9.78 Å². The molecule has 5 nitrogen and oxygen atoms in total. The molecule has 0 atom stereocenters. The number of aliphatic hydroxyl groups excluding tert-OH is 1. The first kappa shape index (κ1) is 10.2. The highest BCUT2D eigenvalue weighted by Gasteiger charge is 2.20. The molecule has 2 rings (SSSR count). The van der Waals surface area contributed by atoms with Crippen LogP contribution in [0.25, 0.3) is 0 Å². The lowest BCUT2D eigenvalue weighted by atomic mass is 9.93. The first-order valence-corrected chi connectivity index (χ1v) is 5.22. The molecule has 1 amide bonds. The second kappa shape index (κ2) is 4.44. The van der Waals surface area contributed by atoms with Crippen LogP contribution in [0.3, 0.4) is 0 Å². The van der Waals surface area contributed by atoms with E-state index in [-0.39, 0.29) is 18.2 Å². The summed E-state index contributed by atoms with van der Waals surface area (Å²) in [5, 5.41) is 12.2. The zero-order valence-electron chi connectivity index (χ0n) is 8.47. The van der Waals surface area contributed by atoms with E-state index in [4.69, 9.17) is 0 Å². The SMILES string of the molecule is O=C(NC1CCC(O)CC1)n1ccnc1. The van der Waals surface area contributed by atoms with Gasteiger partial charge in [0.1, 0.15) is 6.33 Å². The molecule has 1 aromatic rings. The average Bonchev–Trinajstić information content (AvgIpc) is 2.74. The third-order valence-electron chi connectivity index (χ3n) is 2.76. The lowest BCUT2D eigenvalue weighted by molar-refractivity contribution is 0.118. The lowest BCUT2D eigenvalue weighted by Crippen LogP contribution is -2.40. The molecule has 1 fully saturated rings. The van der Waals surface area contributed by atoms with Gasteiger partial charge in [0, 0.05) is 18.4 Å². The minimum Gasteiger partial charge on any atom is -0.393 e. The minimum absolute atomic E-state index is 0.145. The molecule has 1 aliphatic carbocycles. The summed E-state index contributed by atoms with van der Waals surface area (Å²) in [5.41, 5.74) is 0. The maximum absolute atomic E-state index is 11.6. The summed E-state index contributed by atoms with van der Waals surface area (Å²) >= 11 is 0. The van der Waals surface area contributed by atoms with Crippen LogP contribution in [0, 0.1) is 0 Å². The molecule has 1 aromatic heterocycles. The van der Waals surface area contributed by atoms with Crippen LogP contribution >= 0.6 is 0 Å². The van der Waals surface area contributed by atoms with Gasteiger partial charge in [-0.05, 0) is 25.7 Å². The Morgan fingerprint density at radius 3 is 2.73 bits per heavy atom. The number of amides is 1. The number of carbonyl (C=O) groups is 1. The van der Waals surface area contributed by atoms with Crippen molar-refractivity contribution in [2.75, 3.05) is 0 Å². The number of imidazole rings is 1. The summed E-state index contributed by atoms with van der Waals surface area (Å²) in [5.74, 6) is 0. The van der Waals surface area contributed by atoms with E-state index in [0.717, 1.165) is 25.7 Å². The number of hydrogen-bond acceptors (Lipinski definition) is 3. The van der Waals surface area contributed by atoms with Gasteiger partial charge in [-0.15, -0.1) is 0 Å². The van der Waals surface area contributed by atoms with Crippen molar-refractivity contribution in [2.45, 2.75) is 37.8 Å². The fourth-order valence-electron chi connectivity index (χ4n) is 1.85. The molecule has 0 unspecified atom stereocenters. The Kier molecular flexibility index (Phi) is 3.01. The largest absolute Gasteiger partial charge is 0.393 e. The molecular weight excluding hydrogens is 194 g/mol. The monoisotopic (exact) mass is 209 g/mol. The maximum Gasteiger partial charge on any atom is 0.327 e. The van der Waals surface area contributed by atoms with Crippen LogP contribution in [0.5, 0.6) is 0 Å². The first-order valence-electron chi connectivity index (χ1n) is 5.22.